The van der Waals surface area contributed by atoms with E-state index in [0.717, 1.165) is 6.07 Å². The third-order valence-electron chi connectivity index (χ3n) is 1.60. The minimum atomic E-state index is -4.74. The summed E-state index contributed by atoms with van der Waals surface area (Å²) >= 11 is 5.46. The van der Waals surface area contributed by atoms with E-state index >= 15 is 0 Å². The Balaban J connectivity index is 3.01. The third-order valence-corrected chi connectivity index (χ3v) is 1.89. The molecule has 0 radical (unpaired) electrons. The Morgan fingerprint density at radius 3 is 2.53 bits per heavy atom. The zero-order chi connectivity index (χ0) is 11.5. The van der Waals surface area contributed by atoms with Gasteiger partial charge in [0.05, 0.1) is 11.6 Å². The lowest BCUT2D eigenvalue weighted by atomic mass is 10.2. The zero-order valence-corrected chi connectivity index (χ0v) is 8.19. The molecule has 1 aromatic rings. The molecule has 0 saturated heterocycles. The number of hydrazine groups is 1. The van der Waals surface area contributed by atoms with Crippen LogP contribution in [0.3, 0.4) is 0 Å². The highest BCUT2D eigenvalue weighted by Crippen LogP contribution is 2.29. The molecular weight excluding hydrogens is 233 g/mol. The number of hydrogen-bond donors (Lipinski definition) is 2. The summed E-state index contributed by atoms with van der Waals surface area (Å²) in [6.07, 6.45) is -4.74. The first kappa shape index (κ1) is 11.9. The van der Waals surface area contributed by atoms with Gasteiger partial charge < -0.3 is 10.2 Å². The molecule has 0 bridgehead atoms. The van der Waals surface area contributed by atoms with E-state index < -0.39 is 6.36 Å². The SMILES string of the molecule is NNc1ccc(CCl)c(OC(F)(F)F)c1. The quantitative estimate of drug-likeness (QED) is 0.485. The molecule has 0 fully saturated rings. The number of nitrogen functional groups attached to an aromatic ring is 1. The second kappa shape index (κ2) is 4.59. The van der Waals surface area contributed by atoms with Crippen molar-refractivity contribution in [1.82, 2.24) is 0 Å². The highest BCUT2D eigenvalue weighted by Gasteiger charge is 2.32. The summed E-state index contributed by atoms with van der Waals surface area (Å²) in [5, 5.41) is 0. The van der Waals surface area contributed by atoms with Crippen molar-refractivity contribution in [2.75, 3.05) is 5.43 Å². The largest absolute Gasteiger partial charge is 0.573 e. The van der Waals surface area contributed by atoms with Crippen molar-refractivity contribution in [2.24, 2.45) is 5.84 Å². The highest BCUT2D eigenvalue weighted by molar-refractivity contribution is 6.17. The van der Waals surface area contributed by atoms with Gasteiger partial charge in [0, 0.05) is 11.6 Å². The van der Waals surface area contributed by atoms with Crippen molar-refractivity contribution >= 4 is 17.3 Å². The van der Waals surface area contributed by atoms with Crippen molar-refractivity contribution in [3.8, 4) is 5.75 Å². The van der Waals surface area contributed by atoms with Crippen molar-refractivity contribution in [3.63, 3.8) is 0 Å². The van der Waals surface area contributed by atoms with Crippen LogP contribution in [0.1, 0.15) is 5.56 Å². The number of alkyl halides is 4. The van der Waals surface area contributed by atoms with Crippen molar-refractivity contribution in [3.05, 3.63) is 23.8 Å². The second-order valence-electron chi connectivity index (χ2n) is 2.65. The fourth-order valence-electron chi connectivity index (χ4n) is 0.974. The average Bonchev–Trinajstić information content (AvgIpc) is 2.15. The summed E-state index contributed by atoms with van der Waals surface area (Å²) in [5.74, 6) is 4.63. The summed E-state index contributed by atoms with van der Waals surface area (Å²) in [6.45, 7) is 0. The van der Waals surface area contributed by atoms with E-state index in [1.54, 1.807) is 0 Å². The molecule has 1 rings (SSSR count). The molecule has 0 spiro atoms. The molecule has 7 heteroatoms. The van der Waals surface area contributed by atoms with E-state index in [1.165, 1.54) is 12.1 Å². The average molecular weight is 241 g/mol. The van der Waals surface area contributed by atoms with Crippen LogP contribution in [0.5, 0.6) is 5.75 Å². The monoisotopic (exact) mass is 240 g/mol. The molecule has 0 aliphatic rings. The van der Waals surface area contributed by atoms with Crippen LogP contribution >= 0.6 is 11.6 Å². The van der Waals surface area contributed by atoms with Crippen molar-refractivity contribution in [1.29, 1.82) is 0 Å². The van der Waals surface area contributed by atoms with Gasteiger partial charge in [0.2, 0.25) is 0 Å². The van der Waals surface area contributed by atoms with Gasteiger partial charge in [-0.15, -0.1) is 24.8 Å². The van der Waals surface area contributed by atoms with Gasteiger partial charge in [-0.1, -0.05) is 6.07 Å². The molecule has 0 heterocycles. The van der Waals surface area contributed by atoms with Crippen LogP contribution in [0.25, 0.3) is 0 Å². The van der Waals surface area contributed by atoms with E-state index in [2.05, 4.69) is 10.2 Å². The molecular formula is C8H8ClF3N2O. The molecule has 0 aromatic heterocycles. The first-order chi connectivity index (χ1) is 6.96. The number of ether oxygens (including phenoxy) is 1. The fourth-order valence-corrected chi connectivity index (χ4v) is 1.20. The van der Waals surface area contributed by atoms with Crippen LogP contribution in [-0.4, -0.2) is 6.36 Å². The molecule has 3 nitrogen and oxygen atoms in total. The van der Waals surface area contributed by atoms with E-state index in [1.807, 2.05) is 0 Å². The van der Waals surface area contributed by atoms with Gasteiger partial charge in [0.25, 0.3) is 0 Å². The van der Waals surface area contributed by atoms with E-state index in [0.29, 0.717) is 5.69 Å². The van der Waals surface area contributed by atoms with E-state index in [-0.39, 0.29) is 17.2 Å². The van der Waals surface area contributed by atoms with Gasteiger partial charge in [-0.3, -0.25) is 5.84 Å². The molecule has 0 saturated carbocycles. The predicted molar refractivity (Wildman–Crippen MR) is 50.5 cm³/mol. The Bertz CT molecular complexity index is 343. The van der Waals surface area contributed by atoms with E-state index in [9.17, 15) is 13.2 Å². The first-order valence-electron chi connectivity index (χ1n) is 3.87. The molecule has 0 amide bonds. The minimum absolute atomic E-state index is 0.0732. The van der Waals surface area contributed by atoms with Crippen LogP contribution in [0.4, 0.5) is 18.9 Å². The lowest BCUT2D eigenvalue weighted by Crippen LogP contribution is -2.18. The highest BCUT2D eigenvalue weighted by atomic mass is 35.5. The Hall–Kier alpha value is -1.14. The van der Waals surface area contributed by atoms with Crippen LogP contribution in [0, 0.1) is 0 Å². The number of benzene rings is 1. The van der Waals surface area contributed by atoms with Gasteiger partial charge in [-0.25, -0.2) is 0 Å². The number of anilines is 1. The smallest absolute Gasteiger partial charge is 0.405 e. The lowest BCUT2D eigenvalue weighted by molar-refractivity contribution is -0.274. The summed E-state index contributed by atoms with van der Waals surface area (Å²) in [5.41, 5.74) is 2.77. The Morgan fingerprint density at radius 1 is 1.40 bits per heavy atom. The van der Waals surface area contributed by atoms with Crippen molar-refractivity contribution in [2.45, 2.75) is 12.2 Å². The maximum Gasteiger partial charge on any atom is 0.573 e. The normalized spacial score (nSPS) is 11.3. The van der Waals surface area contributed by atoms with Crippen LogP contribution in [0.2, 0.25) is 0 Å². The molecule has 0 unspecified atom stereocenters. The zero-order valence-electron chi connectivity index (χ0n) is 7.44. The maximum absolute atomic E-state index is 12.0. The predicted octanol–water partition coefficient (Wildman–Crippen LogP) is 2.61. The van der Waals surface area contributed by atoms with Gasteiger partial charge in [-0.2, -0.15) is 0 Å². The first-order valence-corrected chi connectivity index (χ1v) is 4.41. The second-order valence-corrected chi connectivity index (χ2v) is 2.92. The topological polar surface area (TPSA) is 47.3 Å². The number of hydrogen-bond acceptors (Lipinski definition) is 3. The van der Waals surface area contributed by atoms with Crippen LogP contribution < -0.4 is 16.0 Å². The Morgan fingerprint density at radius 2 is 2.07 bits per heavy atom. The molecule has 0 aliphatic carbocycles. The van der Waals surface area contributed by atoms with Crippen LogP contribution in [0.15, 0.2) is 18.2 Å². The maximum atomic E-state index is 12.0. The van der Waals surface area contributed by atoms with Gasteiger partial charge in [-0.05, 0) is 6.07 Å². The summed E-state index contributed by atoms with van der Waals surface area (Å²) in [7, 11) is 0. The Kier molecular flexibility index (Phi) is 3.65. The molecule has 15 heavy (non-hydrogen) atoms. The minimum Gasteiger partial charge on any atom is -0.405 e. The molecule has 3 N–H and O–H groups in total. The lowest BCUT2D eigenvalue weighted by Gasteiger charge is -2.13. The summed E-state index contributed by atoms with van der Waals surface area (Å²) < 4.78 is 39.7. The molecule has 1 aromatic carbocycles. The Labute approximate surface area is 88.9 Å². The number of halogens is 4. The van der Waals surface area contributed by atoms with Gasteiger partial charge >= 0.3 is 6.36 Å². The summed E-state index contributed by atoms with van der Waals surface area (Å²) in [6, 6.07) is 4.04. The fraction of sp³-hybridized carbons (Fsp3) is 0.250. The number of rotatable bonds is 3. The van der Waals surface area contributed by atoms with Gasteiger partial charge in [0.1, 0.15) is 5.75 Å². The van der Waals surface area contributed by atoms with E-state index in [4.69, 9.17) is 17.4 Å². The van der Waals surface area contributed by atoms with Crippen molar-refractivity contribution < 1.29 is 17.9 Å². The number of nitrogens with two attached hydrogens (primary N) is 1. The summed E-state index contributed by atoms with van der Waals surface area (Å²) in [4.78, 5) is 0. The van der Waals surface area contributed by atoms with Gasteiger partial charge in [0.15, 0.2) is 0 Å². The standard InChI is InChI=1S/C8H8ClF3N2O/c9-4-5-1-2-6(14-13)3-7(5)15-8(10,11)12/h1-3,14H,4,13H2. The molecule has 0 aliphatic heterocycles. The molecule has 0 atom stereocenters. The number of nitrogens with one attached hydrogen (secondary N) is 1. The third kappa shape index (κ3) is 3.49. The molecule has 84 valence electrons. The van der Waals surface area contributed by atoms with Crippen LogP contribution in [-0.2, 0) is 5.88 Å².